The van der Waals surface area contributed by atoms with Crippen LogP contribution in [0.25, 0.3) is 0 Å². The van der Waals surface area contributed by atoms with E-state index in [2.05, 4.69) is 5.32 Å². The first-order chi connectivity index (χ1) is 9.42. The van der Waals surface area contributed by atoms with Crippen LogP contribution in [0.15, 0.2) is 18.2 Å². The van der Waals surface area contributed by atoms with Crippen molar-refractivity contribution in [2.24, 2.45) is 0 Å². The summed E-state index contributed by atoms with van der Waals surface area (Å²) in [5.41, 5.74) is 7.60. The average molecular weight is 277 g/mol. The van der Waals surface area contributed by atoms with E-state index in [1.54, 1.807) is 24.0 Å². The van der Waals surface area contributed by atoms with Crippen molar-refractivity contribution in [3.05, 3.63) is 29.3 Å². The molecule has 0 aliphatic heterocycles. The molecule has 20 heavy (non-hydrogen) atoms. The van der Waals surface area contributed by atoms with Crippen LogP contribution < -0.4 is 11.1 Å². The van der Waals surface area contributed by atoms with E-state index in [1.165, 1.54) is 0 Å². The van der Waals surface area contributed by atoms with Gasteiger partial charge in [0, 0.05) is 18.8 Å². The van der Waals surface area contributed by atoms with Gasteiger partial charge in [-0.25, -0.2) is 0 Å². The van der Waals surface area contributed by atoms with Crippen LogP contribution in [0.4, 0.5) is 5.69 Å². The Balaban J connectivity index is 2.80. The third-order valence-electron chi connectivity index (χ3n) is 3.36. The fourth-order valence-electron chi connectivity index (χ4n) is 2.02. The fraction of sp³-hybridized carbons (Fsp3) is 0.467. The van der Waals surface area contributed by atoms with Gasteiger partial charge < -0.3 is 16.0 Å². The van der Waals surface area contributed by atoms with Crippen LogP contribution in [0.1, 0.15) is 36.7 Å². The molecular formula is C15H23N3O2. The van der Waals surface area contributed by atoms with Crippen molar-refractivity contribution in [1.82, 2.24) is 10.2 Å². The van der Waals surface area contributed by atoms with E-state index < -0.39 is 6.04 Å². The number of nitrogens with two attached hydrogens (primary N) is 1. The second-order valence-corrected chi connectivity index (χ2v) is 4.74. The number of hydrogen-bond donors (Lipinski definition) is 2. The van der Waals surface area contributed by atoms with Crippen molar-refractivity contribution in [3.63, 3.8) is 0 Å². The molecule has 0 radical (unpaired) electrons. The molecular weight excluding hydrogens is 254 g/mol. The molecule has 5 heteroatoms. The summed E-state index contributed by atoms with van der Waals surface area (Å²) >= 11 is 0. The number of hydrogen-bond acceptors (Lipinski definition) is 3. The highest BCUT2D eigenvalue weighted by Crippen LogP contribution is 2.16. The Hall–Kier alpha value is -2.04. The van der Waals surface area contributed by atoms with Gasteiger partial charge in [-0.3, -0.25) is 9.59 Å². The first kappa shape index (κ1) is 16.0. The maximum atomic E-state index is 12.2. The lowest BCUT2D eigenvalue weighted by Gasteiger charge is -2.23. The molecule has 0 heterocycles. The van der Waals surface area contributed by atoms with E-state index in [4.69, 9.17) is 5.73 Å². The predicted octanol–water partition coefficient (Wildman–Crippen LogP) is 1.56. The monoisotopic (exact) mass is 277 g/mol. The van der Waals surface area contributed by atoms with Gasteiger partial charge in [0.15, 0.2) is 0 Å². The van der Waals surface area contributed by atoms with Crippen LogP contribution >= 0.6 is 0 Å². The van der Waals surface area contributed by atoms with Crippen molar-refractivity contribution >= 4 is 17.5 Å². The Bertz CT molecular complexity index is 496. The molecule has 0 fully saturated rings. The zero-order chi connectivity index (χ0) is 15.3. The van der Waals surface area contributed by atoms with E-state index in [9.17, 15) is 9.59 Å². The second-order valence-electron chi connectivity index (χ2n) is 4.74. The second kappa shape index (κ2) is 6.93. The number of likely N-dealkylation sites (N-methyl/N-ethyl adjacent to an activating group) is 1. The standard InChI is InChI=1S/C15H23N3O2/c1-5-18(6-2)15(20)11(4)17-14(19)12-9-7-8-10(3)13(12)16/h7-9,11H,5-6,16H2,1-4H3,(H,17,19). The summed E-state index contributed by atoms with van der Waals surface area (Å²) in [5.74, 6) is -0.409. The van der Waals surface area contributed by atoms with Gasteiger partial charge in [0.2, 0.25) is 5.91 Å². The zero-order valence-electron chi connectivity index (χ0n) is 12.6. The molecule has 0 aliphatic carbocycles. The van der Waals surface area contributed by atoms with Gasteiger partial charge in [-0.15, -0.1) is 0 Å². The summed E-state index contributed by atoms with van der Waals surface area (Å²) < 4.78 is 0. The number of nitrogens with zero attached hydrogens (tertiary/aromatic N) is 1. The topological polar surface area (TPSA) is 75.4 Å². The largest absolute Gasteiger partial charge is 0.398 e. The summed E-state index contributed by atoms with van der Waals surface area (Å²) in [4.78, 5) is 26.0. The molecule has 0 bridgehead atoms. The molecule has 0 aliphatic rings. The summed E-state index contributed by atoms with van der Waals surface area (Å²) in [5, 5.41) is 2.70. The molecule has 110 valence electrons. The molecule has 1 atom stereocenters. The van der Waals surface area contributed by atoms with Gasteiger partial charge >= 0.3 is 0 Å². The molecule has 0 aromatic heterocycles. The maximum Gasteiger partial charge on any atom is 0.254 e. The number of anilines is 1. The van der Waals surface area contributed by atoms with Gasteiger partial charge in [-0.1, -0.05) is 12.1 Å². The predicted molar refractivity (Wildman–Crippen MR) is 80.4 cm³/mol. The molecule has 1 aromatic carbocycles. The quantitative estimate of drug-likeness (QED) is 0.802. The van der Waals surface area contributed by atoms with E-state index in [1.807, 2.05) is 26.8 Å². The number of rotatable bonds is 5. The molecule has 1 rings (SSSR count). The van der Waals surface area contributed by atoms with Gasteiger partial charge in [-0.2, -0.15) is 0 Å². The fourth-order valence-corrected chi connectivity index (χ4v) is 2.02. The van der Waals surface area contributed by atoms with Gasteiger partial charge in [0.25, 0.3) is 5.91 Å². The van der Waals surface area contributed by atoms with Crippen LogP contribution in [0.3, 0.4) is 0 Å². The summed E-state index contributed by atoms with van der Waals surface area (Å²) in [7, 11) is 0. The molecule has 0 saturated carbocycles. The first-order valence-electron chi connectivity index (χ1n) is 6.87. The van der Waals surface area contributed by atoms with Crippen LogP contribution in [0.5, 0.6) is 0 Å². The maximum absolute atomic E-state index is 12.2. The van der Waals surface area contributed by atoms with Crippen molar-refractivity contribution in [1.29, 1.82) is 0 Å². The van der Waals surface area contributed by atoms with Gasteiger partial charge in [0.1, 0.15) is 6.04 Å². The molecule has 5 nitrogen and oxygen atoms in total. The Morgan fingerprint density at radius 1 is 1.30 bits per heavy atom. The lowest BCUT2D eigenvalue weighted by molar-refractivity contribution is -0.132. The highest BCUT2D eigenvalue weighted by Gasteiger charge is 2.21. The van der Waals surface area contributed by atoms with Crippen LogP contribution in [0, 0.1) is 6.92 Å². The van der Waals surface area contributed by atoms with E-state index in [0.717, 1.165) is 5.56 Å². The Morgan fingerprint density at radius 3 is 2.45 bits per heavy atom. The zero-order valence-corrected chi connectivity index (χ0v) is 12.6. The minimum atomic E-state index is -0.567. The summed E-state index contributed by atoms with van der Waals surface area (Å²) in [6.07, 6.45) is 0. The molecule has 0 saturated heterocycles. The number of benzene rings is 1. The summed E-state index contributed by atoms with van der Waals surface area (Å²) in [6.45, 7) is 8.61. The first-order valence-corrected chi connectivity index (χ1v) is 6.87. The average Bonchev–Trinajstić information content (AvgIpc) is 2.42. The van der Waals surface area contributed by atoms with Gasteiger partial charge in [-0.05, 0) is 39.3 Å². The molecule has 1 unspecified atom stereocenters. The van der Waals surface area contributed by atoms with Crippen LogP contribution in [-0.2, 0) is 4.79 Å². The minimum Gasteiger partial charge on any atom is -0.398 e. The Morgan fingerprint density at radius 2 is 1.90 bits per heavy atom. The lowest BCUT2D eigenvalue weighted by atomic mass is 10.1. The number of aryl methyl sites for hydroxylation is 1. The Labute approximate surface area is 120 Å². The molecule has 1 aromatic rings. The highest BCUT2D eigenvalue weighted by atomic mass is 16.2. The number of nitrogens with one attached hydrogen (secondary N) is 1. The highest BCUT2D eigenvalue weighted by molar-refractivity contribution is 6.01. The Kier molecular flexibility index (Phi) is 5.55. The number of carbonyl (C=O) groups is 2. The summed E-state index contributed by atoms with van der Waals surface area (Å²) in [6, 6.07) is 4.71. The number of carbonyl (C=O) groups excluding carboxylic acids is 2. The molecule has 0 spiro atoms. The van der Waals surface area contributed by atoms with Crippen molar-refractivity contribution < 1.29 is 9.59 Å². The number of para-hydroxylation sites is 1. The third-order valence-corrected chi connectivity index (χ3v) is 3.36. The molecule has 2 amide bonds. The molecule has 3 N–H and O–H groups in total. The normalized spacial score (nSPS) is 11.8. The van der Waals surface area contributed by atoms with Gasteiger partial charge in [0.05, 0.1) is 5.56 Å². The van der Waals surface area contributed by atoms with E-state index >= 15 is 0 Å². The third kappa shape index (κ3) is 3.50. The van der Waals surface area contributed by atoms with Crippen molar-refractivity contribution in [3.8, 4) is 0 Å². The van der Waals surface area contributed by atoms with Crippen molar-refractivity contribution in [2.45, 2.75) is 33.7 Å². The van der Waals surface area contributed by atoms with Crippen molar-refractivity contribution in [2.75, 3.05) is 18.8 Å². The van der Waals surface area contributed by atoms with Crippen LogP contribution in [-0.4, -0.2) is 35.8 Å². The number of nitrogen functional groups attached to an aromatic ring is 1. The van der Waals surface area contributed by atoms with E-state index in [0.29, 0.717) is 24.3 Å². The van der Waals surface area contributed by atoms with E-state index in [-0.39, 0.29) is 11.8 Å². The minimum absolute atomic E-state index is 0.0884. The SMILES string of the molecule is CCN(CC)C(=O)C(C)NC(=O)c1cccc(C)c1N. The lowest BCUT2D eigenvalue weighted by Crippen LogP contribution is -2.46. The number of amides is 2. The smallest absolute Gasteiger partial charge is 0.254 e. The van der Waals surface area contributed by atoms with Crippen LogP contribution in [0.2, 0.25) is 0 Å².